The lowest BCUT2D eigenvalue weighted by molar-refractivity contribution is -0.140. The SMILES string of the molecule is CCCNC(=O)[C@H](Cc1ccccc1)N(Cc1c(Cl)cccc1Cl)C(=O)CN(c1ccc(OC)cc1)S(=O)(=O)c1ccc(C)cc1. The number of nitrogens with one attached hydrogen (secondary N) is 1. The van der Waals surface area contributed by atoms with E-state index in [2.05, 4.69) is 5.32 Å². The minimum atomic E-state index is -4.23. The van der Waals surface area contributed by atoms with Crippen molar-refractivity contribution in [3.05, 3.63) is 124 Å². The van der Waals surface area contributed by atoms with E-state index in [-0.39, 0.29) is 29.5 Å². The lowest BCUT2D eigenvalue weighted by Crippen LogP contribution is -2.53. The Morgan fingerprint density at radius 3 is 2.09 bits per heavy atom. The molecule has 0 aliphatic rings. The van der Waals surface area contributed by atoms with E-state index in [0.29, 0.717) is 34.3 Å². The first-order chi connectivity index (χ1) is 22.0. The van der Waals surface area contributed by atoms with Gasteiger partial charge in [0.25, 0.3) is 10.0 Å². The molecule has 0 aliphatic heterocycles. The summed E-state index contributed by atoms with van der Waals surface area (Å²) < 4.78 is 34.6. The van der Waals surface area contributed by atoms with E-state index < -0.39 is 28.5 Å². The van der Waals surface area contributed by atoms with Crippen molar-refractivity contribution in [3.63, 3.8) is 0 Å². The summed E-state index contributed by atoms with van der Waals surface area (Å²) in [5, 5.41) is 3.55. The maximum atomic E-state index is 14.5. The van der Waals surface area contributed by atoms with Gasteiger partial charge in [0.2, 0.25) is 11.8 Å². The molecule has 0 bridgehead atoms. The molecule has 0 aliphatic carbocycles. The van der Waals surface area contributed by atoms with Crippen LogP contribution in [0.15, 0.2) is 102 Å². The quantitative estimate of drug-likeness (QED) is 0.160. The zero-order chi connectivity index (χ0) is 33.3. The average Bonchev–Trinajstić information content (AvgIpc) is 3.05. The van der Waals surface area contributed by atoms with Crippen LogP contribution in [-0.2, 0) is 32.6 Å². The van der Waals surface area contributed by atoms with Crippen molar-refractivity contribution in [2.75, 3.05) is 24.5 Å². The monoisotopic (exact) mass is 681 g/mol. The summed E-state index contributed by atoms with van der Waals surface area (Å²) >= 11 is 13.1. The number of hydrogen-bond acceptors (Lipinski definition) is 5. The van der Waals surface area contributed by atoms with Gasteiger partial charge in [0.1, 0.15) is 18.3 Å². The second kappa shape index (κ2) is 16.0. The fourth-order valence-corrected chi connectivity index (χ4v) is 6.82. The molecule has 4 aromatic carbocycles. The molecule has 1 N–H and O–H groups in total. The summed E-state index contributed by atoms with van der Waals surface area (Å²) in [5.41, 5.74) is 2.40. The number of carbonyl (C=O) groups excluding carboxylic acids is 2. The number of hydrogen-bond donors (Lipinski definition) is 1. The second-order valence-electron chi connectivity index (χ2n) is 10.7. The molecule has 0 spiro atoms. The van der Waals surface area contributed by atoms with Crippen molar-refractivity contribution in [2.24, 2.45) is 0 Å². The first-order valence-electron chi connectivity index (χ1n) is 14.8. The van der Waals surface area contributed by atoms with Crippen LogP contribution in [0.3, 0.4) is 0 Å². The van der Waals surface area contributed by atoms with Crippen LogP contribution in [0.1, 0.15) is 30.0 Å². The van der Waals surface area contributed by atoms with Gasteiger partial charge in [-0.1, -0.05) is 84.2 Å². The minimum absolute atomic E-state index is 0.0175. The van der Waals surface area contributed by atoms with Gasteiger partial charge >= 0.3 is 0 Å². The Labute approximate surface area is 280 Å². The molecule has 0 unspecified atom stereocenters. The summed E-state index contributed by atoms with van der Waals surface area (Å²) in [5.74, 6) is -0.469. The van der Waals surface area contributed by atoms with E-state index in [1.54, 1.807) is 54.6 Å². The summed E-state index contributed by atoms with van der Waals surface area (Å²) in [6.45, 7) is 3.46. The van der Waals surface area contributed by atoms with Crippen LogP contribution < -0.4 is 14.4 Å². The molecule has 11 heteroatoms. The molecule has 0 aromatic heterocycles. The number of nitrogens with zero attached hydrogens (tertiary/aromatic N) is 2. The maximum Gasteiger partial charge on any atom is 0.264 e. The zero-order valence-electron chi connectivity index (χ0n) is 26.0. The van der Waals surface area contributed by atoms with Crippen LogP contribution >= 0.6 is 23.2 Å². The number of carbonyl (C=O) groups is 2. The highest BCUT2D eigenvalue weighted by atomic mass is 35.5. The summed E-state index contributed by atoms with van der Waals surface area (Å²) in [6.07, 6.45) is 0.867. The first-order valence-corrected chi connectivity index (χ1v) is 17.0. The number of halogens is 2. The Hall–Kier alpha value is -4.05. The third-order valence-electron chi connectivity index (χ3n) is 7.46. The molecule has 2 amide bonds. The molecule has 1 atom stereocenters. The lowest BCUT2D eigenvalue weighted by Gasteiger charge is -2.34. The Kier molecular flexibility index (Phi) is 12.1. The molecule has 0 radical (unpaired) electrons. The van der Waals surface area contributed by atoms with Crippen LogP contribution in [0.4, 0.5) is 5.69 Å². The van der Waals surface area contributed by atoms with Gasteiger partial charge in [0, 0.05) is 35.1 Å². The highest BCUT2D eigenvalue weighted by Crippen LogP contribution is 2.30. The van der Waals surface area contributed by atoms with E-state index in [1.165, 1.54) is 24.1 Å². The molecular weight excluding hydrogens is 645 g/mol. The number of rotatable bonds is 14. The van der Waals surface area contributed by atoms with Crippen LogP contribution in [-0.4, -0.2) is 51.4 Å². The minimum Gasteiger partial charge on any atom is -0.497 e. The number of methoxy groups -OCH3 is 1. The highest BCUT2D eigenvalue weighted by molar-refractivity contribution is 7.92. The molecule has 4 aromatic rings. The third-order valence-corrected chi connectivity index (χ3v) is 9.96. The molecule has 242 valence electrons. The van der Waals surface area contributed by atoms with Gasteiger partial charge in [-0.2, -0.15) is 0 Å². The maximum absolute atomic E-state index is 14.5. The predicted octanol–water partition coefficient (Wildman–Crippen LogP) is 6.67. The normalized spacial score (nSPS) is 11.8. The van der Waals surface area contributed by atoms with Crippen molar-refractivity contribution in [1.82, 2.24) is 10.2 Å². The van der Waals surface area contributed by atoms with Crippen molar-refractivity contribution in [3.8, 4) is 5.75 Å². The van der Waals surface area contributed by atoms with Gasteiger partial charge < -0.3 is 15.0 Å². The Bertz CT molecular complexity index is 1710. The number of anilines is 1. The van der Waals surface area contributed by atoms with Crippen molar-refractivity contribution < 1.29 is 22.7 Å². The number of aryl methyl sites for hydroxylation is 1. The molecule has 8 nitrogen and oxygen atoms in total. The van der Waals surface area contributed by atoms with Crippen LogP contribution in [0.5, 0.6) is 5.75 Å². The van der Waals surface area contributed by atoms with Crippen LogP contribution in [0, 0.1) is 6.92 Å². The van der Waals surface area contributed by atoms with Crippen molar-refractivity contribution in [1.29, 1.82) is 0 Å². The van der Waals surface area contributed by atoms with E-state index in [0.717, 1.165) is 15.4 Å². The fraction of sp³-hybridized carbons (Fsp3) is 0.257. The Morgan fingerprint density at radius 1 is 0.870 bits per heavy atom. The fourth-order valence-electron chi connectivity index (χ4n) is 4.89. The standard InChI is InChI=1S/C35H37Cl2N3O5S/c1-4-21-38-35(42)33(22-26-9-6-5-7-10-26)39(23-30-31(36)11-8-12-32(30)37)34(41)24-40(27-15-17-28(45-3)18-16-27)46(43,44)29-19-13-25(2)14-20-29/h5-20,33H,4,21-24H2,1-3H3,(H,38,42)/t33-/m0/s1. The van der Waals surface area contributed by atoms with Gasteiger partial charge in [-0.25, -0.2) is 8.42 Å². The van der Waals surface area contributed by atoms with Gasteiger partial charge in [0.05, 0.1) is 17.7 Å². The average molecular weight is 683 g/mol. The predicted molar refractivity (Wildman–Crippen MR) is 183 cm³/mol. The largest absolute Gasteiger partial charge is 0.497 e. The van der Waals surface area contributed by atoms with Gasteiger partial charge in [-0.15, -0.1) is 0 Å². The second-order valence-corrected chi connectivity index (χ2v) is 13.4. The number of sulfonamides is 1. The topological polar surface area (TPSA) is 96.0 Å². The van der Waals surface area contributed by atoms with E-state index in [9.17, 15) is 18.0 Å². The van der Waals surface area contributed by atoms with E-state index in [1.807, 2.05) is 44.2 Å². The highest BCUT2D eigenvalue weighted by Gasteiger charge is 2.35. The molecule has 0 heterocycles. The smallest absolute Gasteiger partial charge is 0.264 e. The van der Waals surface area contributed by atoms with Crippen molar-refractivity contribution >= 4 is 50.7 Å². The number of amides is 2. The molecule has 0 saturated heterocycles. The zero-order valence-corrected chi connectivity index (χ0v) is 28.3. The third kappa shape index (κ3) is 8.60. The van der Waals surface area contributed by atoms with Crippen LogP contribution in [0.2, 0.25) is 10.0 Å². The summed E-state index contributed by atoms with van der Waals surface area (Å²) in [7, 11) is -2.73. The number of benzene rings is 4. The van der Waals surface area contributed by atoms with Crippen LogP contribution in [0.25, 0.3) is 0 Å². The number of ether oxygens (including phenoxy) is 1. The Balaban J connectivity index is 1.83. The molecule has 0 fully saturated rings. The molecule has 4 rings (SSSR count). The first kappa shape index (κ1) is 34.8. The van der Waals surface area contributed by atoms with Gasteiger partial charge in [-0.05, 0) is 67.4 Å². The van der Waals surface area contributed by atoms with Gasteiger partial charge in [-0.3, -0.25) is 13.9 Å². The Morgan fingerprint density at radius 2 is 1.50 bits per heavy atom. The van der Waals surface area contributed by atoms with E-state index >= 15 is 0 Å². The molecular formula is C35H37Cl2N3O5S. The van der Waals surface area contributed by atoms with E-state index in [4.69, 9.17) is 27.9 Å². The molecule has 46 heavy (non-hydrogen) atoms. The molecule has 0 saturated carbocycles. The summed E-state index contributed by atoms with van der Waals surface area (Å²) in [4.78, 5) is 29.7. The van der Waals surface area contributed by atoms with Crippen molar-refractivity contribution in [2.45, 2.75) is 44.2 Å². The van der Waals surface area contributed by atoms with Gasteiger partial charge in [0.15, 0.2) is 0 Å². The lowest BCUT2D eigenvalue weighted by atomic mass is 10.0. The summed E-state index contributed by atoms with van der Waals surface area (Å²) in [6, 6.07) is 26.1.